The average Bonchev–Trinajstić information content (AvgIpc) is 3.37. The Labute approximate surface area is 598 Å². The average molecular weight is 1490 g/mol. The zero-order valence-electron chi connectivity index (χ0n) is 44.7. The van der Waals surface area contributed by atoms with Crippen LogP contribution in [0.25, 0.3) is 23.8 Å². The van der Waals surface area contributed by atoms with Gasteiger partial charge in [0.25, 0.3) is 0 Å². The first-order valence-corrected chi connectivity index (χ1v) is 26.1. The third-order valence-electron chi connectivity index (χ3n) is 9.85. The molecule has 355 valence electrons. The van der Waals surface area contributed by atoms with Gasteiger partial charge in [0, 0.05) is 255 Å². The van der Waals surface area contributed by atoms with Crippen LogP contribution in [0.2, 0.25) is 0 Å². The topological polar surface area (TPSA) is 34.1 Å². The van der Waals surface area contributed by atoms with Gasteiger partial charge in [0.05, 0.1) is 5.66 Å². The maximum absolute atomic E-state index is 16.3. The van der Waals surface area contributed by atoms with Crippen molar-refractivity contribution in [3.63, 3.8) is 0 Å². The fraction of sp³-hybridized carbons (Fsp3) is 0.276. The molecule has 2 aliphatic carbocycles. The summed E-state index contributed by atoms with van der Waals surface area (Å²) < 4.78 is 32.6. The van der Waals surface area contributed by atoms with Crippen molar-refractivity contribution in [2.75, 3.05) is 0 Å². The molecule has 0 aromatic heterocycles. The number of fused-ring (bicyclic) bond motifs is 2. The summed E-state index contributed by atoms with van der Waals surface area (Å²) in [4.78, 5) is 0. The molecule has 0 saturated carbocycles. The predicted molar refractivity (Wildman–Crippen MR) is 285 cm³/mol. The van der Waals surface area contributed by atoms with Gasteiger partial charge in [0.15, 0.2) is 14.3 Å². The van der Waals surface area contributed by atoms with Gasteiger partial charge in [-0.25, -0.2) is 0 Å². The van der Waals surface area contributed by atoms with E-state index in [2.05, 4.69) is 54.6 Å². The Morgan fingerprint density at radius 3 is 1.13 bits per heavy atom. The van der Waals surface area contributed by atoms with Crippen LogP contribution < -0.4 is 47.4 Å². The van der Waals surface area contributed by atoms with Crippen LogP contribution in [0.5, 0.6) is 0 Å². The fourth-order valence-corrected chi connectivity index (χ4v) is 13.8. The molecule has 2 nitrogen and oxygen atoms in total. The second-order valence-electron chi connectivity index (χ2n) is 12.5. The van der Waals surface area contributed by atoms with E-state index < -0.39 is 14.3 Å². The van der Waals surface area contributed by atoms with Crippen LogP contribution in [-0.4, -0.2) is 5.66 Å². The van der Waals surface area contributed by atoms with Crippen molar-refractivity contribution in [1.29, 1.82) is 0 Å². The van der Waals surface area contributed by atoms with Crippen LogP contribution in [0.3, 0.4) is 0 Å². The van der Waals surface area contributed by atoms with Crippen LogP contribution in [0.15, 0.2) is 158 Å². The van der Waals surface area contributed by atoms with Gasteiger partial charge >= 0.3 is 0 Å². The molecule has 0 spiro atoms. The standard InChI is InChI=1S/C44H36O2P2.6C2H6.2CH3.7Y/c45-47(35-19-5-1-6-20-35,36-21-7-2-8-22-36)41-31-29-33-17-13-15-27-39(33)43(41)44-40-28-16-14-18-34(40)30-32-42(44)48(46,37-23-9-3-10-24-37)38-25-11-4-12-26-38;6*1-2;;;;;;;;;/h1-13,15,17-30,32,41H,14,16,31H2;6*1-2H3;2*1H3;;;;;;;/q;;;;;;;2*-1;;;;;;;/t41-;;;;;;;;;;;;;;;/m0.............../s1. The minimum absolute atomic E-state index is 0. The summed E-state index contributed by atoms with van der Waals surface area (Å²) >= 11 is 0. The molecule has 0 unspecified atom stereocenters. The zero-order valence-corrected chi connectivity index (χ0v) is 66.4. The van der Waals surface area contributed by atoms with Crippen LogP contribution in [-0.2, 0) is 238 Å². The van der Waals surface area contributed by atoms with Gasteiger partial charge in [0.2, 0.25) is 0 Å². The van der Waals surface area contributed by atoms with E-state index in [1.807, 2.05) is 204 Å². The Bertz CT molecular complexity index is 2420. The molecule has 0 saturated heterocycles. The van der Waals surface area contributed by atoms with Crippen molar-refractivity contribution < 1.29 is 238 Å². The Hall–Kier alpha value is 2.99. The zero-order chi connectivity index (χ0) is 44.6. The monoisotopic (exact) mass is 1490 g/mol. The van der Waals surface area contributed by atoms with Crippen LogP contribution in [0, 0.1) is 14.9 Å². The normalized spacial score (nSPS) is 11.4. The maximum atomic E-state index is 16.3. The summed E-state index contributed by atoms with van der Waals surface area (Å²) in [6.07, 6.45) is 9.31. The Morgan fingerprint density at radius 2 is 0.725 bits per heavy atom. The van der Waals surface area contributed by atoms with Crippen molar-refractivity contribution in [2.24, 2.45) is 0 Å². The molecular weight excluding hydrogens is 1410 g/mol. The van der Waals surface area contributed by atoms with E-state index in [4.69, 9.17) is 0 Å². The molecule has 0 aliphatic heterocycles. The molecule has 6 aromatic rings. The first kappa shape index (κ1) is 88.6. The van der Waals surface area contributed by atoms with E-state index in [0.717, 1.165) is 71.4 Å². The van der Waals surface area contributed by atoms with E-state index in [-0.39, 0.29) is 249 Å². The minimum atomic E-state index is -3.42. The van der Waals surface area contributed by atoms with E-state index in [0.29, 0.717) is 6.42 Å². The van der Waals surface area contributed by atoms with Crippen LogP contribution in [0.1, 0.15) is 108 Å². The molecule has 7 radical (unpaired) electrons. The van der Waals surface area contributed by atoms with Crippen molar-refractivity contribution in [3.8, 4) is 0 Å². The first-order valence-electron chi connectivity index (χ1n) is 22.7. The second-order valence-corrected chi connectivity index (χ2v) is 18.2. The van der Waals surface area contributed by atoms with Gasteiger partial charge < -0.3 is 24.0 Å². The van der Waals surface area contributed by atoms with Gasteiger partial charge in [0.1, 0.15) is 0 Å². The van der Waals surface area contributed by atoms with Crippen molar-refractivity contribution in [3.05, 3.63) is 199 Å². The molecule has 8 rings (SSSR count). The minimum Gasteiger partial charge on any atom is -0.358 e. The molecule has 0 amide bonds. The largest absolute Gasteiger partial charge is 0.358 e. The maximum Gasteiger partial charge on any atom is 0.171 e. The van der Waals surface area contributed by atoms with Crippen molar-refractivity contribution >= 4 is 64.6 Å². The van der Waals surface area contributed by atoms with E-state index in [1.165, 1.54) is 0 Å². The third-order valence-corrected chi connectivity index (χ3v) is 16.4. The summed E-state index contributed by atoms with van der Waals surface area (Å²) in [5, 5.41) is 8.46. The third kappa shape index (κ3) is 22.3. The van der Waals surface area contributed by atoms with E-state index >= 15 is 9.13 Å². The molecule has 2 aliphatic rings. The fourth-order valence-electron chi connectivity index (χ4n) is 7.63. The van der Waals surface area contributed by atoms with E-state index in [9.17, 15) is 0 Å². The predicted octanol–water partition coefficient (Wildman–Crippen LogP) is 12.5. The van der Waals surface area contributed by atoms with Gasteiger partial charge in [-0.1, -0.05) is 253 Å². The number of hydrogen-bond donors (Lipinski definition) is 0. The number of hydrogen-bond acceptors (Lipinski definition) is 2. The Kier molecular flexibility index (Phi) is 64.8. The molecule has 0 fully saturated rings. The molecule has 0 heterocycles. The van der Waals surface area contributed by atoms with Crippen molar-refractivity contribution in [1.82, 2.24) is 0 Å². The number of benzene rings is 6. The first-order chi connectivity index (χ1) is 29.6. The van der Waals surface area contributed by atoms with Gasteiger partial charge in [-0.3, -0.25) is 0 Å². The van der Waals surface area contributed by atoms with Crippen molar-refractivity contribution in [2.45, 2.75) is 108 Å². The summed E-state index contributed by atoms with van der Waals surface area (Å²) in [7, 11) is -6.73. The van der Waals surface area contributed by atoms with Gasteiger partial charge in [-0.2, -0.15) is 0 Å². The molecule has 69 heavy (non-hydrogen) atoms. The second kappa shape index (κ2) is 50.5. The summed E-state index contributed by atoms with van der Waals surface area (Å²) in [6.45, 7) is 24.0. The summed E-state index contributed by atoms with van der Waals surface area (Å²) in [5.41, 5.74) is 1.62. The molecule has 0 bridgehead atoms. The molecule has 0 N–H and O–H groups in total. The molecule has 6 aromatic carbocycles. The van der Waals surface area contributed by atoms with Crippen LogP contribution >= 0.6 is 14.3 Å². The Morgan fingerprint density at radius 1 is 0.377 bits per heavy atom. The summed E-state index contributed by atoms with van der Waals surface area (Å²) in [5.74, 6) is 0. The SMILES string of the molecule is CC.CC.CC.CC.CC.CC.O=P(c1ccccc1)(c1ccccc1)c1ccc2c(c1C1=c3ccccc3=CC[C@@H]1P(=O)(c1ccccc1)c1ccccc1)=CCCC=2.[CH3-].[CH3-].[Y].[Y].[Y].[Y].[Y].[Y].[Y]. The smallest absolute Gasteiger partial charge is 0.171 e. The van der Waals surface area contributed by atoms with Gasteiger partial charge in [-0.15, -0.1) is 0 Å². The number of rotatable bonds is 7. The molecule has 11 heteroatoms. The molecule has 1 atom stereocenters. The summed E-state index contributed by atoms with van der Waals surface area (Å²) in [6, 6.07) is 52.6. The molecular formula is C58H78O2P2Y7-2. The quantitative estimate of drug-likeness (QED) is 0.118. The van der Waals surface area contributed by atoms with Gasteiger partial charge in [-0.05, 0) is 57.3 Å². The van der Waals surface area contributed by atoms with E-state index in [1.54, 1.807) is 0 Å². The Balaban J connectivity index is -0.000000275. The van der Waals surface area contributed by atoms with Crippen LogP contribution in [0.4, 0.5) is 0 Å².